The van der Waals surface area contributed by atoms with Crippen LogP contribution in [0.3, 0.4) is 0 Å². The lowest BCUT2D eigenvalue weighted by Crippen LogP contribution is -2.49. The third kappa shape index (κ3) is 4.83. The number of nitrogens with one attached hydrogen (secondary N) is 1. The molecule has 1 aliphatic heterocycles. The number of carbonyl (C=O) groups is 1. The van der Waals surface area contributed by atoms with Gasteiger partial charge in [0.05, 0.1) is 11.9 Å². The minimum absolute atomic E-state index is 0.0283. The Kier molecular flexibility index (Phi) is 6.60. The topological polar surface area (TPSA) is 74.2 Å². The molecule has 0 atom stereocenters. The van der Waals surface area contributed by atoms with Crippen molar-refractivity contribution in [1.29, 1.82) is 0 Å². The highest BCUT2D eigenvalue weighted by molar-refractivity contribution is 7.22. The number of rotatable bonds is 7. The van der Waals surface area contributed by atoms with Crippen LogP contribution in [0.2, 0.25) is 0 Å². The highest BCUT2D eigenvalue weighted by Gasteiger charge is 2.24. The minimum atomic E-state index is 0.0283. The molecule has 3 aromatic heterocycles. The highest BCUT2D eigenvalue weighted by atomic mass is 32.1. The number of thiophene rings is 1. The van der Waals surface area contributed by atoms with Gasteiger partial charge in [-0.05, 0) is 23.8 Å². The lowest BCUT2D eigenvalue weighted by molar-refractivity contribution is -0.122. The predicted molar refractivity (Wildman–Crippen MR) is 138 cm³/mol. The van der Waals surface area contributed by atoms with Crippen LogP contribution in [-0.4, -0.2) is 65.0 Å². The number of piperazine rings is 1. The van der Waals surface area contributed by atoms with Crippen LogP contribution in [0.1, 0.15) is 0 Å². The van der Waals surface area contributed by atoms with Gasteiger partial charge in [0.2, 0.25) is 5.91 Å². The number of pyridine rings is 1. The number of nitrogens with zero attached hydrogens (tertiary/aromatic N) is 5. The van der Waals surface area contributed by atoms with Gasteiger partial charge in [-0.1, -0.05) is 42.5 Å². The lowest BCUT2D eigenvalue weighted by atomic mass is 10.2. The summed E-state index contributed by atoms with van der Waals surface area (Å²) < 4.78 is 0. The molecule has 4 heterocycles. The van der Waals surface area contributed by atoms with E-state index in [1.807, 2.05) is 24.3 Å². The van der Waals surface area contributed by atoms with Crippen LogP contribution in [0.15, 0.2) is 73.4 Å². The Balaban J connectivity index is 1.45. The average molecular weight is 471 g/mol. The fourth-order valence-electron chi connectivity index (χ4n) is 4.06. The zero-order valence-electron chi connectivity index (χ0n) is 18.9. The molecule has 5 rings (SSSR count). The largest absolute Gasteiger partial charge is 0.353 e. The molecule has 0 aliphatic carbocycles. The van der Waals surface area contributed by atoms with E-state index in [4.69, 9.17) is 9.97 Å². The molecular weight excluding hydrogens is 444 g/mol. The number of fused-ring (bicyclic) bond motifs is 1. The number of carbonyl (C=O) groups excluding carboxylic acids is 1. The van der Waals surface area contributed by atoms with E-state index in [-0.39, 0.29) is 5.91 Å². The van der Waals surface area contributed by atoms with Gasteiger partial charge in [-0.25, -0.2) is 9.97 Å². The van der Waals surface area contributed by atoms with Gasteiger partial charge in [-0.15, -0.1) is 17.9 Å². The fourth-order valence-corrected chi connectivity index (χ4v) is 5.10. The molecule has 1 fully saturated rings. The third-order valence-electron chi connectivity index (χ3n) is 5.81. The van der Waals surface area contributed by atoms with Crippen molar-refractivity contribution in [2.24, 2.45) is 0 Å². The normalized spacial score (nSPS) is 14.3. The van der Waals surface area contributed by atoms with Crippen LogP contribution in [-0.2, 0) is 4.79 Å². The number of benzene rings is 1. The van der Waals surface area contributed by atoms with E-state index >= 15 is 0 Å². The summed E-state index contributed by atoms with van der Waals surface area (Å²) in [5, 5.41) is 3.91. The van der Waals surface area contributed by atoms with Gasteiger partial charge in [0.25, 0.3) is 0 Å². The molecule has 0 radical (unpaired) electrons. The van der Waals surface area contributed by atoms with E-state index in [0.29, 0.717) is 18.9 Å². The molecule has 4 aromatic rings. The molecule has 1 aliphatic rings. The molecule has 8 heteroatoms. The summed E-state index contributed by atoms with van der Waals surface area (Å²) in [4.78, 5) is 33.0. The second-order valence-electron chi connectivity index (χ2n) is 8.14. The second kappa shape index (κ2) is 10.1. The smallest absolute Gasteiger partial charge is 0.234 e. The van der Waals surface area contributed by atoms with Gasteiger partial charge in [-0.3, -0.25) is 14.7 Å². The molecule has 7 nitrogen and oxygen atoms in total. The highest BCUT2D eigenvalue weighted by Crippen LogP contribution is 2.37. The predicted octanol–water partition coefficient (Wildman–Crippen LogP) is 3.84. The van der Waals surface area contributed by atoms with Crippen LogP contribution < -0.4 is 10.2 Å². The summed E-state index contributed by atoms with van der Waals surface area (Å²) in [6, 6.07) is 18.4. The van der Waals surface area contributed by atoms with Crippen molar-refractivity contribution in [2.75, 3.05) is 44.2 Å². The summed E-state index contributed by atoms with van der Waals surface area (Å²) in [5.41, 5.74) is 1.93. The number of anilines is 1. The van der Waals surface area contributed by atoms with Gasteiger partial charge in [0, 0.05) is 43.8 Å². The quantitative estimate of drug-likeness (QED) is 0.414. The number of hydrogen-bond acceptors (Lipinski definition) is 7. The van der Waals surface area contributed by atoms with Crippen molar-refractivity contribution in [3.63, 3.8) is 0 Å². The van der Waals surface area contributed by atoms with E-state index < -0.39 is 0 Å². The van der Waals surface area contributed by atoms with E-state index in [9.17, 15) is 4.79 Å². The molecule has 1 saturated heterocycles. The van der Waals surface area contributed by atoms with Crippen LogP contribution in [0, 0.1) is 0 Å². The van der Waals surface area contributed by atoms with Crippen molar-refractivity contribution in [3.05, 3.63) is 73.4 Å². The SMILES string of the molecule is C=CCNC(=O)CN1CCN(c2nc(-c3ccccn3)nc3sc(-c4ccccc4)cc23)CC1. The standard InChI is InChI=1S/C26H26N6OS/c1-2-11-28-23(33)18-31-13-15-32(16-14-31)25-20-17-22(19-8-4-3-5-9-19)34-26(20)30-24(29-25)21-10-6-7-12-27-21/h2-10,12,17H,1,11,13-16,18H2,(H,28,33). The zero-order chi connectivity index (χ0) is 23.3. The van der Waals surface area contributed by atoms with Crippen molar-refractivity contribution < 1.29 is 4.79 Å². The first-order chi connectivity index (χ1) is 16.7. The molecule has 0 saturated carbocycles. The maximum atomic E-state index is 12.1. The maximum Gasteiger partial charge on any atom is 0.234 e. The van der Waals surface area contributed by atoms with Crippen LogP contribution in [0.25, 0.3) is 32.2 Å². The summed E-state index contributed by atoms with van der Waals surface area (Å²) in [6.45, 7) is 7.71. The third-order valence-corrected chi connectivity index (χ3v) is 6.89. The Morgan fingerprint density at radius 2 is 1.85 bits per heavy atom. The number of amides is 1. The fraction of sp³-hybridized carbons (Fsp3) is 0.231. The first kappa shape index (κ1) is 22.2. The van der Waals surface area contributed by atoms with Gasteiger partial charge >= 0.3 is 0 Å². The first-order valence-electron chi connectivity index (χ1n) is 11.3. The molecule has 172 valence electrons. The van der Waals surface area contributed by atoms with Gasteiger partial charge in [-0.2, -0.15) is 0 Å². The number of hydrogen-bond donors (Lipinski definition) is 1. The molecule has 1 amide bonds. The van der Waals surface area contributed by atoms with E-state index in [0.717, 1.165) is 47.9 Å². The Morgan fingerprint density at radius 3 is 2.59 bits per heavy atom. The second-order valence-corrected chi connectivity index (χ2v) is 9.17. The molecule has 0 unspecified atom stereocenters. The van der Waals surface area contributed by atoms with E-state index in [1.54, 1.807) is 23.6 Å². The van der Waals surface area contributed by atoms with Crippen LogP contribution in [0.4, 0.5) is 5.82 Å². The van der Waals surface area contributed by atoms with E-state index in [2.05, 4.69) is 57.0 Å². The Hall–Kier alpha value is -3.62. The van der Waals surface area contributed by atoms with Crippen molar-refractivity contribution in [2.45, 2.75) is 0 Å². The van der Waals surface area contributed by atoms with Crippen molar-refractivity contribution >= 4 is 33.3 Å². The van der Waals surface area contributed by atoms with Crippen molar-refractivity contribution in [1.82, 2.24) is 25.2 Å². The van der Waals surface area contributed by atoms with Gasteiger partial charge in [0.15, 0.2) is 5.82 Å². The Labute approximate surface area is 202 Å². The molecule has 0 spiro atoms. The molecular formula is C26H26N6OS. The zero-order valence-corrected chi connectivity index (χ0v) is 19.7. The lowest BCUT2D eigenvalue weighted by Gasteiger charge is -2.35. The minimum Gasteiger partial charge on any atom is -0.353 e. The summed E-state index contributed by atoms with van der Waals surface area (Å²) in [5.74, 6) is 1.59. The summed E-state index contributed by atoms with van der Waals surface area (Å²) >= 11 is 1.68. The van der Waals surface area contributed by atoms with Crippen LogP contribution >= 0.6 is 11.3 Å². The summed E-state index contributed by atoms with van der Waals surface area (Å²) in [7, 11) is 0. The van der Waals surface area contributed by atoms with Crippen LogP contribution in [0.5, 0.6) is 0 Å². The molecule has 1 aromatic carbocycles. The summed E-state index contributed by atoms with van der Waals surface area (Å²) in [6.07, 6.45) is 3.46. The van der Waals surface area contributed by atoms with Gasteiger partial charge < -0.3 is 10.2 Å². The molecule has 1 N–H and O–H groups in total. The Bertz CT molecular complexity index is 1280. The first-order valence-corrected chi connectivity index (χ1v) is 12.2. The van der Waals surface area contributed by atoms with Crippen molar-refractivity contribution in [3.8, 4) is 22.0 Å². The average Bonchev–Trinajstić information content (AvgIpc) is 3.33. The van der Waals surface area contributed by atoms with Gasteiger partial charge in [0.1, 0.15) is 16.3 Å². The maximum absolute atomic E-state index is 12.1. The Morgan fingerprint density at radius 1 is 1.06 bits per heavy atom. The molecule has 34 heavy (non-hydrogen) atoms. The van der Waals surface area contributed by atoms with E-state index in [1.165, 1.54) is 10.4 Å². The number of aromatic nitrogens is 3. The molecule has 0 bridgehead atoms. The monoisotopic (exact) mass is 470 g/mol.